The summed E-state index contributed by atoms with van der Waals surface area (Å²) < 4.78 is 0. The van der Waals surface area contributed by atoms with Gasteiger partial charge in [0.1, 0.15) is 0 Å². The number of amides is 1. The molecule has 2 heterocycles. The molecule has 2 saturated carbocycles. The summed E-state index contributed by atoms with van der Waals surface area (Å²) in [5, 5.41) is 4.06. The molecule has 36 heavy (non-hydrogen) atoms. The van der Waals surface area contributed by atoms with Gasteiger partial charge in [-0.2, -0.15) is 0 Å². The van der Waals surface area contributed by atoms with Crippen LogP contribution < -0.4 is 10.9 Å². The second kappa shape index (κ2) is 9.49. The van der Waals surface area contributed by atoms with E-state index in [0.717, 1.165) is 52.0 Å². The van der Waals surface area contributed by atoms with Crippen molar-refractivity contribution in [1.82, 2.24) is 15.3 Å². The van der Waals surface area contributed by atoms with Crippen LogP contribution in [0.3, 0.4) is 0 Å². The van der Waals surface area contributed by atoms with Crippen molar-refractivity contribution in [3.63, 3.8) is 0 Å². The lowest BCUT2D eigenvalue weighted by Crippen LogP contribution is -2.40. The van der Waals surface area contributed by atoms with Gasteiger partial charge in [-0.25, -0.2) is 0 Å². The molecule has 1 aromatic carbocycles. The standard InChI is InChI=1S/C31H39N3O2/c1-6-19(20-8-7-9-20)14-26-24-13-12-22(29(35)34-31(3,4)5)16-27(24)33-30(36)28(26)25-15-23(21-10-11-21)17-32-18(25)2/h12-13,15-17,19-21H,6-11,14H2,1-5H3,(H,33,36)(H,34,35). The van der Waals surface area contributed by atoms with Crippen LogP contribution in [0.5, 0.6) is 0 Å². The van der Waals surface area contributed by atoms with Gasteiger partial charge in [-0.15, -0.1) is 0 Å². The minimum atomic E-state index is -0.331. The number of aryl methyl sites for hydroxylation is 1. The van der Waals surface area contributed by atoms with Crippen molar-refractivity contribution in [2.24, 2.45) is 11.8 Å². The number of rotatable bonds is 7. The first-order valence-corrected chi connectivity index (χ1v) is 13.6. The molecule has 0 spiro atoms. The van der Waals surface area contributed by atoms with E-state index in [-0.39, 0.29) is 17.0 Å². The van der Waals surface area contributed by atoms with Gasteiger partial charge in [0.25, 0.3) is 11.5 Å². The quantitative estimate of drug-likeness (QED) is 0.392. The number of fused-ring (bicyclic) bond motifs is 1. The molecule has 5 rings (SSSR count). The van der Waals surface area contributed by atoms with E-state index in [1.807, 2.05) is 52.1 Å². The molecular formula is C31H39N3O2. The summed E-state index contributed by atoms with van der Waals surface area (Å²) >= 11 is 0. The smallest absolute Gasteiger partial charge is 0.256 e. The number of hydrogen-bond acceptors (Lipinski definition) is 3. The fourth-order valence-corrected chi connectivity index (χ4v) is 5.68. The van der Waals surface area contributed by atoms with Crippen molar-refractivity contribution in [2.75, 3.05) is 0 Å². The molecule has 2 aliphatic carbocycles. The molecule has 2 aliphatic rings. The zero-order chi connectivity index (χ0) is 25.6. The second-order valence-corrected chi connectivity index (χ2v) is 12.0. The lowest BCUT2D eigenvalue weighted by Gasteiger charge is -2.34. The third-order valence-corrected chi connectivity index (χ3v) is 8.11. The SMILES string of the molecule is CCC(Cc1c(-c2cc(C3CC3)cnc2C)c(=O)[nH]c2cc(C(=O)NC(C)(C)C)ccc12)C1CCC1. The summed E-state index contributed by atoms with van der Waals surface area (Å²) in [7, 11) is 0. The van der Waals surface area contributed by atoms with Gasteiger partial charge in [-0.05, 0) is 94.0 Å². The number of aromatic amines is 1. The Morgan fingerprint density at radius 3 is 2.53 bits per heavy atom. The molecule has 0 bridgehead atoms. The number of carbonyl (C=O) groups excluding carboxylic acids is 1. The summed E-state index contributed by atoms with van der Waals surface area (Å²) in [6.07, 6.45) is 10.2. The van der Waals surface area contributed by atoms with Crippen LogP contribution >= 0.6 is 0 Å². The van der Waals surface area contributed by atoms with Crippen molar-refractivity contribution >= 4 is 16.8 Å². The van der Waals surface area contributed by atoms with Crippen LogP contribution in [-0.2, 0) is 6.42 Å². The van der Waals surface area contributed by atoms with Gasteiger partial charge in [0.2, 0.25) is 0 Å². The molecule has 2 N–H and O–H groups in total. The number of aromatic nitrogens is 2. The van der Waals surface area contributed by atoms with E-state index in [9.17, 15) is 9.59 Å². The maximum absolute atomic E-state index is 13.8. The predicted molar refractivity (Wildman–Crippen MR) is 147 cm³/mol. The lowest BCUT2D eigenvalue weighted by atomic mass is 9.71. The van der Waals surface area contributed by atoms with E-state index >= 15 is 0 Å². The number of benzene rings is 1. The normalized spacial score (nSPS) is 17.1. The summed E-state index contributed by atoms with van der Waals surface area (Å²) in [6, 6.07) is 7.96. The second-order valence-electron chi connectivity index (χ2n) is 12.0. The molecule has 3 aromatic rings. The highest BCUT2D eigenvalue weighted by molar-refractivity contribution is 5.99. The molecule has 5 nitrogen and oxygen atoms in total. The molecule has 1 atom stereocenters. The molecule has 2 fully saturated rings. The lowest BCUT2D eigenvalue weighted by molar-refractivity contribution is 0.0919. The molecule has 1 unspecified atom stereocenters. The van der Waals surface area contributed by atoms with E-state index < -0.39 is 0 Å². The number of nitrogens with one attached hydrogen (secondary N) is 2. The van der Waals surface area contributed by atoms with Crippen LogP contribution in [0.4, 0.5) is 0 Å². The number of nitrogens with zero attached hydrogens (tertiary/aromatic N) is 1. The highest BCUT2D eigenvalue weighted by Crippen LogP contribution is 2.43. The summed E-state index contributed by atoms with van der Waals surface area (Å²) in [5.41, 5.74) is 5.82. The van der Waals surface area contributed by atoms with Gasteiger partial charge < -0.3 is 10.3 Å². The summed E-state index contributed by atoms with van der Waals surface area (Å²) in [5.74, 6) is 1.72. The third-order valence-electron chi connectivity index (χ3n) is 8.11. The van der Waals surface area contributed by atoms with Gasteiger partial charge in [-0.1, -0.05) is 38.7 Å². The largest absolute Gasteiger partial charge is 0.347 e. The molecule has 1 amide bonds. The topological polar surface area (TPSA) is 74.8 Å². The van der Waals surface area contributed by atoms with E-state index in [4.69, 9.17) is 4.98 Å². The first-order valence-electron chi connectivity index (χ1n) is 13.6. The fourth-order valence-electron chi connectivity index (χ4n) is 5.68. The number of pyridine rings is 2. The third kappa shape index (κ3) is 4.98. The zero-order valence-electron chi connectivity index (χ0n) is 22.3. The minimum Gasteiger partial charge on any atom is -0.347 e. The van der Waals surface area contributed by atoms with Gasteiger partial charge in [0.05, 0.1) is 5.56 Å². The Balaban J connectivity index is 1.67. The van der Waals surface area contributed by atoms with Crippen LogP contribution in [0, 0.1) is 18.8 Å². The van der Waals surface area contributed by atoms with Crippen LogP contribution in [0.15, 0.2) is 35.3 Å². The Bertz CT molecular complexity index is 1360. The molecule has 0 aliphatic heterocycles. The van der Waals surface area contributed by atoms with E-state index in [1.165, 1.54) is 37.7 Å². The van der Waals surface area contributed by atoms with E-state index in [2.05, 4.69) is 23.3 Å². The first kappa shape index (κ1) is 24.7. The van der Waals surface area contributed by atoms with Gasteiger partial charge in [-0.3, -0.25) is 14.6 Å². The maximum atomic E-state index is 13.8. The van der Waals surface area contributed by atoms with Crippen LogP contribution in [-0.4, -0.2) is 21.4 Å². The van der Waals surface area contributed by atoms with Gasteiger partial charge in [0, 0.05) is 39.5 Å². The molecular weight excluding hydrogens is 446 g/mol. The highest BCUT2D eigenvalue weighted by Gasteiger charge is 2.30. The minimum absolute atomic E-state index is 0.0906. The van der Waals surface area contributed by atoms with Crippen molar-refractivity contribution in [2.45, 2.75) is 91.0 Å². The van der Waals surface area contributed by atoms with Crippen molar-refractivity contribution in [3.8, 4) is 11.1 Å². The van der Waals surface area contributed by atoms with Crippen LogP contribution in [0.1, 0.15) is 99.3 Å². The van der Waals surface area contributed by atoms with E-state index in [0.29, 0.717) is 17.4 Å². The van der Waals surface area contributed by atoms with Crippen molar-refractivity contribution in [1.29, 1.82) is 0 Å². The van der Waals surface area contributed by atoms with Crippen LogP contribution in [0.25, 0.3) is 22.0 Å². The Morgan fingerprint density at radius 2 is 1.92 bits per heavy atom. The fraction of sp³-hybridized carbons (Fsp3) is 0.516. The molecule has 2 aromatic heterocycles. The molecule has 190 valence electrons. The Kier molecular flexibility index (Phi) is 6.52. The number of H-pyrrole nitrogens is 1. The average Bonchev–Trinajstić information content (AvgIpc) is 3.62. The van der Waals surface area contributed by atoms with Crippen LogP contribution in [0.2, 0.25) is 0 Å². The average molecular weight is 486 g/mol. The van der Waals surface area contributed by atoms with Crippen molar-refractivity contribution in [3.05, 3.63) is 63.2 Å². The maximum Gasteiger partial charge on any atom is 0.256 e. The predicted octanol–water partition coefficient (Wildman–Crippen LogP) is 6.67. The summed E-state index contributed by atoms with van der Waals surface area (Å²) in [6.45, 7) is 10.2. The van der Waals surface area contributed by atoms with Gasteiger partial charge in [0.15, 0.2) is 0 Å². The Hall–Kier alpha value is -2.95. The Morgan fingerprint density at radius 1 is 1.17 bits per heavy atom. The summed E-state index contributed by atoms with van der Waals surface area (Å²) in [4.78, 5) is 34.5. The van der Waals surface area contributed by atoms with E-state index in [1.54, 1.807) is 0 Å². The highest BCUT2D eigenvalue weighted by atomic mass is 16.1. The Labute approximate surface area is 214 Å². The number of carbonyl (C=O) groups is 1. The van der Waals surface area contributed by atoms with Gasteiger partial charge >= 0.3 is 0 Å². The molecule has 0 radical (unpaired) electrons. The number of hydrogen-bond donors (Lipinski definition) is 2. The first-order chi connectivity index (χ1) is 17.1. The van der Waals surface area contributed by atoms with Crippen molar-refractivity contribution < 1.29 is 4.79 Å². The molecule has 0 saturated heterocycles. The molecule has 5 heteroatoms. The zero-order valence-corrected chi connectivity index (χ0v) is 22.3. The monoisotopic (exact) mass is 485 g/mol.